The molecule has 0 heterocycles. The first-order valence-electron chi connectivity index (χ1n) is 9.55. The fraction of sp³-hybridized carbons (Fsp3) is 0.381. The van der Waals surface area contributed by atoms with Crippen LogP contribution in [0, 0.1) is 5.92 Å². The second-order valence-corrected chi connectivity index (χ2v) is 7.01. The van der Waals surface area contributed by atoms with Gasteiger partial charge in [-0.15, -0.1) is 0 Å². The Kier molecular flexibility index (Phi) is 6.47. The van der Waals surface area contributed by atoms with Crippen LogP contribution in [0.3, 0.4) is 0 Å². The molecule has 2 aromatic carbocycles. The van der Waals surface area contributed by atoms with E-state index in [1.54, 1.807) is 13.0 Å². The maximum absolute atomic E-state index is 12.1. The summed E-state index contributed by atoms with van der Waals surface area (Å²) >= 11 is 0. The molecule has 3 amide bonds. The number of hydrazine groups is 1. The number of hydrogen-bond donors (Lipinski definition) is 3. The highest BCUT2D eigenvalue weighted by Crippen LogP contribution is 2.24. The van der Waals surface area contributed by atoms with E-state index in [-0.39, 0.29) is 18.4 Å². The Morgan fingerprint density at radius 1 is 1.04 bits per heavy atom. The van der Waals surface area contributed by atoms with E-state index in [0.717, 1.165) is 36.5 Å². The molecule has 0 aliphatic heterocycles. The van der Waals surface area contributed by atoms with E-state index in [1.807, 2.05) is 36.4 Å². The van der Waals surface area contributed by atoms with E-state index < -0.39 is 17.9 Å². The van der Waals surface area contributed by atoms with Gasteiger partial charge in [0, 0.05) is 5.92 Å². The molecule has 1 fully saturated rings. The van der Waals surface area contributed by atoms with Crippen molar-refractivity contribution >= 4 is 28.5 Å². The molecule has 0 bridgehead atoms. The zero-order chi connectivity index (χ0) is 19.9. The lowest BCUT2D eigenvalue weighted by Gasteiger charge is -2.16. The monoisotopic (exact) mass is 383 g/mol. The Hall–Kier alpha value is -3.09. The minimum atomic E-state index is -0.797. The molecule has 1 aliphatic carbocycles. The van der Waals surface area contributed by atoms with Crippen molar-refractivity contribution in [3.63, 3.8) is 0 Å². The Labute approximate surface area is 163 Å². The smallest absolute Gasteiger partial charge is 0.279 e. The Bertz CT molecular complexity index is 862. The number of benzene rings is 2. The molecule has 7 heteroatoms. The van der Waals surface area contributed by atoms with Gasteiger partial charge in [-0.1, -0.05) is 43.2 Å². The van der Waals surface area contributed by atoms with Gasteiger partial charge in [-0.05, 0) is 42.7 Å². The van der Waals surface area contributed by atoms with Crippen LogP contribution in [0.25, 0.3) is 10.8 Å². The summed E-state index contributed by atoms with van der Waals surface area (Å²) in [5, 5.41) is 4.70. The first-order valence-corrected chi connectivity index (χ1v) is 9.55. The molecule has 0 saturated heterocycles. The Balaban J connectivity index is 1.41. The van der Waals surface area contributed by atoms with Crippen LogP contribution in [0.5, 0.6) is 5.75 Å². The molecule has 3 rings (SSSR count). The van der Waals surface area contributed by atoms with Gasteiger partial charge in [-0.25, -0.2) is 0 Å². The summed E-state index contributed by atoms with van der Waals surface area (Å²) < 4.78 is 5.65. The van der Waals surface area contributed by atoms with Crippen molar-refractivity contribution in [3.8, 4) is 5.75 Å². The maximum Gasteiger partial charge on any atom is 0.279 e. The van der Waals surface area contributed by atoms with Gasteiger partial charge in [0.25, 0.3) is 11.8 Å². The van der Waals surface area contributed by atoms with Crippen molar-refractivity contribution in [2.24, 2.45) is 5.92 Å². The van der Waals surface area contributed by atoms with Gasteiger partial charge < -0.3 is 10.1 Å². The van der Waals surface area contributed by atoms with Crippen LogP contribution in [-0.2, 0) is 14.4 Å². The second-order valence-electron chi connectivity index (χ2n) is 7.01. The van der Waals surface area contributed by atoms with Crippen molar-refractivity contribution in [3.05, 3.63) is 42.5 Å². The highest BCUT2D eigenvalue weighted by Gasteiger charge is 2.23. The lowest BCUT2D eigenvalue weighted by Crippen LogP contribution is -2.50. The number of fused-ring (bicyclic) bond motifs is 1. The lowest BCUT2D eigenvalue weighted by molar-refractivity contribution is -0.133. The zero-order valence-corrected chi connectivity index (χ0v) is 15.9. The first kappa shape index (κ1) is 19.7. The summed E-state index contributed by atoms with van der Waals surface area (Å²) in [5.41, 5.74) is 4.61. The van der Waals surface area contributed by atoms with Crippen molar-refractivity contribution in [1.82, 2.24) is 16.2 Å². The molecule has 1 aliphatic rings. The molecule has 1 unspecified atom stereocenters. The topological polar surface area (TPSA) is 96.5 Å². The molecular formula is C21H25N3O4. The summed E-state index contributed by atoms with van der Waals surface area (Å²) in [6.45, 7) is 1.42. The van der Waals surface area contributed by atoms with Crippen LogP contribution in [0.1, 0.15) is 32.6 Å². The highest BCUT2D eigenvalue weighted by molar-refractivity contribution is 5.88. The highest BCUT2D eigenvalue weighted by atomic mass is 16.5. The van der Waals surface area contributed by atoms with Crippen molar-refractivity contribution in [1.29, 1.82) is 0 Å². The molecule has 0 aromatic heterocycles. The number of carbonyl (C=O) groups is 3. The molecular weight excluding hydrogens is 358 g/mol. The summed E-state index contributed by atoms with van der Waals surface area (Å²) in [6.07, 6.45) is 3.04. The molecule has 0 radical (unpaired) electrons. The largest absolute Gasteiger partial charge is 0.481 e. The van der Waals surface area contributed by atoms with Gasteiger partial charge in [0.2, 0.25) is 5.91 Å². The summed E-state index contributed by atoms with van der Waals surface area (Å²) in [6, 6.07) is 13.4. The number of nitrogens with one attached hydrogen (secondary N) is 3. The van der Waals surface area contributed by atoms with Crippen molar-refractivity contribution in [2.75, 3.05) is 6.54 Å². The Morgan fingerprint density at radius 2 is 1.75 bits per heavy atom. The number of amides is 3. The quantitative estimate of drug-likeness (QED) is 0.665. The number of ether oxygens (including phenoxy) is 1. The predicted molar refractivity (Wildman–Crippen MR) is 105 cm³/mol. The molecule has 2 aromatic rings. The minimum Gasteiger partial charge on any atom is -0.481 e. The summed E-state index contributed by atoms with van der Waals surface area (Å²) in [5.74, 6) is -0.512. The van der Waals surface area contributed by atoms with Crippen LogP contribution in [0.2, 0.25) is 0 Å². The zero-order valence-electron chi connectivity index (χ0n) is 15.9. The minimum absolute atomic E-state index is 0.00207. The molecule has 0 spiro atoms. The summed E-state index contributed by atoms with van der Waals surface area (Å²) in [7, 11) is 0. The van der Waals surface area contributed by atoms with Crippen LogP contribution in [-0.4, -0.2) is 30.4 Å². The van der Waals surface area contributed by atoms with E-state index in [9.17, 15) is 14.4 Å². The van der Waals surface area contributed by atoms with Gasteiger partial charge in [0.1, 0.15) is 5.75 Å². The molecule has 1 saturated carbocycles. The van der Waals surface area contributed by atoms with Gasteiger partial charge in [-0.3, -0.25) is 25.2 Å². The number of carbonyl (C=O) groups excluding carboxylic acids is 3. The summed E-state index contributed by atoms with van der Waals surface area (Å²) in [4.78, 5) is 35.8. The van der Waals surface area contributed by atoms with Crippen LogP contribution in [0.4, 0.5) is 0 Å². The van der Waals surface area contributed by atoms with Gasteiger partial charge >= 0.3 is 0 Å². The third-order valence-corrected chi connectivity index (χ3v) is 4.88. The third-order valence-electron chi connectivity index (χ3n) is 4.88. The average Bonchev–Trinajstić information content (AvgIpc) is 3.25. The first-order chi connectivity index (χ1) is 13.5. The van der Waals surface area contributed by atoms with Crippen LogP contribution in [0.15, 0.2) is 42.5 Å². The van der Waals surface area contributed by atoms with Crippen LogP contribution >= 0.6 is 0 Å². The van der Waals surface area contributed by atoms with E-state index >= 15 is 0 Å². The normalized spacial score (nSPS) is 15.0. The van der Waals surface area contributed by atoms with Gasteiger partial charge in [0.05, 0.1) is 6.54 Å². The van der Waals surface area contributed by atoms with Crippen molar-refractivity contribution in [2.45, 2.75) is 38.7 Å². The number of hydrogen-bond acceptors (Lipinski definition) is 4. The van der Waals surface area contributed by atoms with Gasteiger partial charge in [0.15, 0.2) is 6.10 Å². The van der Waals surface area contributed by atoms with E-state index in [2.05, 4.69) is 16.2 Å². The van der Waals surface area contributed by atoms with Crippen molar-refractivity contribution < 1.29 is 19.1 Å². The molecule has 1 atom stereocenters. The molecule has 7 nitrogen and oxygen atoms in total. The Morgan fingerprint density at radius 3 is 2.50 bits per heavy atom. The third kappa shape index (κ3) is 5.22. The van der Waals surface area contributed by atoms with Crippen LogP contribution < -0.4 is 20.9 Å². The standard InChI is InChI=1S/C21H25N3O4/c1-14(28-18-11-10-15-6-2-5-9-17(15)12-18)20(26)24-23-19(25)13-22-21(27)16-7-3-4-8-16/h2,5-6,9-12,14,16H,3-4,7-8,13H2,1H3,(H,22,27)(H,23,25)(H,24,26). The molecule has 3 N–H and O–H groups in total. The SMILES string of the molecule is CC(Oc1ccc2ccccc2c1)C(=O)NNC(=O)CNC(=O)C1CCCC1. The maximum atomic E-state index is 12.1. The van der Waals surface area contributed by atoms with E-state index in [1.165, 1.54) is 0 Å². The van der Waals surface area contributed by atoms with E-state index in [0.29, 0.717) is 5.75 Å². The number of rotatable bonds is 6. The van der Waals surface area contributed by atoms with Gasteiger partial charge in [-0.2, -0.15) is 0 Å². The average molecular weight is 383 g/mol. The second kappa shape index (κ2) is 9.21. The molecule has 148 valence electrons. The van der Waals surface area contributed by atoms with E-state index in [4.69, 9.17) is 4.74 Å². The fourth-order valence-electron chi connectivity index (χ4n) is 3.28. The fourth-order valence-corrected chi connectivity index (χ4v) is 3.28. The lowest BCUT2D eigenvalue weighted by atomic mass is 10.1. The molecule has 28 heavy (non-hydrogen) atoms. The predicted octanol–water partition coefficient (Wildman–Crippen LogP) is 2.06.